The summed E-state index contributed by atoms with van der Waals surface area (Å²) in [5, 5.41) is 2.48. The number of aromatic nitrogens is 4. The Hall–Kier alpha value is -7.43. The summed E-state index contributed by atoms with van der Waals surface area (Å²) >= 11 is 0. The second kappa shape index (κ2) is 13.8. The molecule has 0 radical (unpaired) electrons. The summed E-state index contributed by atoms with van der Waals surface area (Å²) in [7, 11) is 0. The first-order valence-corrected chi connectivity index (χ1v) is 18.5. The Labute approximate surface area is 319 Å². The van der Waals surface area contributed by atoms with E-state index in [9.17, 15) is 0 Å². The molecule has 10 rings (SSSR count). The number of fused-ring (bicyclic) bond motifs is 3. The van der Waals surface area contributed by atoms with Crippen molar-refractivity contribution in [3.8, 4) is 73.2 Å². The maximum atomic E-state index is 5.04. The zero-order valence-electron chi connectivity index (χ0n) is 29.9. The van der Waals surface area contributed by atoms with Crippen LogP contribution in [0.2, 0.25) is 0 Å². The highest BCUT2D eigenvalue weighted by Gasteiger charge is 2.15. The van der Waals surface area contributed by atoms with E-state index >= 15 is 0 Å². The summed E-state index contributed by atoms with van der Waals surface area (Å²) in [6.07, 6.45) is 0. The average molecular weight is 703 g/mol. The molecular formula is C51H34N4. The van der Waals surface area contributed by atoms with Gasteiger partial charge in [0.1, 0.15) is 0 Å². The normalized spacial score (nSPS) is 11.3. The number of benzene rings is 8. The van der Waals surface area contributed by atoms with E-state index in [4.69, 9.17) is 15.0 Å². The molecule has 2 aromatic heterocycles. The smallest absolute Gasteiger partial charge is 0.164 e. The highest BCUT2D eigenvalue weighted by Crippen LogP contribution is 2.36. The van der Waals surface area contributed by atoms with E-state index in [1.54, 1.807) is 0 Å². The average Bonchev–Trinajstić information content (AvgIpc) is 3.61. The topological polar surface area (TPSA) is 43.6 Å². The van der Waals surface area contributed by atoms with Crippen LogP contribution in [0.15, 0.2) is 206 Å². The molecule has 4 heteroatoms. The minimum absolute atomic E-state index is 0.634. The van der Waals surface area contributed by atoms with Crippen molar-refractivity contribution in [2.24, 2.45) is 0 Å². The standard InChI is InChI=1S/C51H34N4/c1-4-13-35(14-5-1)41-17-12-18-42(33-41)36-23-27-39(28-24-36)50-52-49(38-15-6-2-7-16-38)53-51(54-50)40-29-25-37(26-30-40)43-31-32-46-45-21-10-11-22-47(45)55(48(46)34-43)44-19-8-3-9-20-44/h1-34H. The third-order valence-electron chi connectivity index (χ3n) is 10.3. The summed E-state index contributed by atoms with van der Waals surface area (Å²) in [4.78, 5) is 15.0. The van der Waals surface area contributed by atoms with Crippen molar-refractivity contribution >= 4 is 21.8 Å². The predicted octanol–water partition coefficient (Wildman–Crippen LogP) is 13.0. The lowest BCUT2D eigenvalue weighted by Gasteiger charge is -2.11. The lowest BCUT2D eigenvalue weighted by molar-refractivity contribution is 1.07. The van der Waals surface area contributed by atoms with Crippen LogP contribution in [0.3, 0.4) is 0 Å². The second-order valence-corrected chi connectivity index (χ2v) is 13.7. The Balaban J connectivity index is 1.01. The van der Waals surface area contributed by atoms with Gasteiger partial charge in [-0.2, -0.15) is 0 Å². The molecule has 258 valence electrons. The molecule has 0 aliphatic rings. The first-order chi connectivity index (χ1) is 27.2. The first kappa shape index (κ1) is 32.2. The predicted molar refractivity (Wildman–Crippen MR) is 227 cm³/mol. The van der Waals surface area contributed by atoms with E-state index in [1.165, 1.54) is 32.9 Å². The molecule has 2 heterocycles. The third-order valence-corrected chi connectivity index (χ3v) is 10.3. The van der Waals surface area contributed by atoms with Gasteiger partial charge in [-0.05, 0) is 63.7 Å². The van der Waals surface area contributed by atoms with E-state index in [0.29, 0.717) is 17.5 Å². The largest absolute Gasteiger partial charge is 0.309 e. The maximum Gasteiger partial charge on any atom is 0.164 e. The Morgan fingerprint density at radius 1 is 0.255 bits per heavy atom. The van der Waals surface area contributed by atoms with Crippen LogP contribution in [0, 0.1) is 0 Å². The van der Waals surface area contributed by atoms with Gasteiger partial charge in [0.2, 0.25) is 0 Å². The van der Waals surface area contributed by atoms with Crippen LogP contribution in [-0.4, -0.2) is 19.5 Å². The molecule has 0 saturated heterocycles. The molecule has 0 unspecified atom stereocenters. The van der Waals surface area contributed by atoms with Gasteiger partial charge in [0.25, 0.3) is 0 Å². The molecule has 0 N–H and O–H groups in total. The van der Waals surface area contributed by atoms with Crippen LogP contribution >= 0.6 is 0 Å². The maximum absolute atomic E-state index is 5.04. The zero-order chi connectivity index (χ0) is 36.6. The van der Waals surface area contributed by atoms with Gasteiger partial charge in [0.15, 0.2) is 17.5 Å². The van der Waals surface area contributed by atoms with Gasteiger partial charge in [-0.3, -0.25) is 0 Å². The third kappa shape index (κ3) is 6.16. The van der Waals surface area contributed by atoms with Gasteiger partial charge in [-0.25, -0.2) is 15.0 Å². The number of para-hydroxylation sites is 2. The molecule has 0 saturated carbocycles. The Morgan fingerprint density at radius 3 is 1.22 bits per heavy atom. The van der Waals surface area contributed by atoms with Crippen LogP contribution in [0.25, 0.3) is 95.0 Å². The molecule has 0 atom stereocenters. The Kier molecular flexibility index (Phi) is 8.12. The van der Waals surface area contributed by atoms with Crippen molar-refractivity contribution in [3.05, 3.63) is 206 Å². The van der Waals surface area contributed by atoms with Gasteiger partial charge >= 0.3 is 0 Å². The zero-order valence-corrected chi connectivity index (χ0v) is 29.9. The molecule has 0 spiro atoms. The molecule has 0 amide bonds. The van der Waals surface area contributed by atoms with E-state index in [1.807, 2.05) is 36.4 Å². The molecular weight excluding hydrogens is 669 g/mol. The summed E-state index contributed by atoms with van der Waals surface area (Å²) in [6.45, 7) is 0. The van der Waals surface area contributed by atoms with E-state index in [0.717, 1.165) is 44.6 Å². The molecule has 0 aliphatic heterocycles. The Morgan fingerprint density at radius 2 is 0.636 bits per heavy atom. The SMILES string of the molecule is c1ccc(-c2cccc(-c3ccc(-c4nc(-c5ccccc5)nc(-c5ccc(-c6ccc7c8ccccc8n(-c8ccccc8)c7c6)cc5)n4)cc3)c2)cc1. The van der Waals surface area contributed by atoms with Crippen LogP contribution in [0.5, 0.6) is 0 Å². The molecule has 0 fully saturated rings. The molecule has 0 bridgehead atoms. The summed E-state index contributed by atoms with van der Waals surface area (Å²) < 4.78 is 2.36. The lowest BCUT2D eigenvalue weighted by atomic mass is 9.98. The fourth-order valence-electron chi connectivity index (χ4n) is 7.49. The summed E-state index contributed by atoms with van der Waals surface area (Å²) in [5.74, 6) is 1.91. The highest BCUT2D eigenvalue weighted by atomic mass is 15.0. The van der Waals surface area contributed by atoms with Crippen molar-refractivity contribution in [2.45, 2.75) is 0 Å². The van der Waals surface area contributed by atoms with Crippen LogP contribution in [0.4, 0.5) is 0 Å². The molecule has 4 nitrogen and oxygen atoms in total. The quantitative estimate of drug-likeness (QED) is 0.166. The number of hydrogen-bond donors (Lipinski definition) is 0. The molecule has 8 aromatic carbocycles. The molecule has 0 aliphatic carbocycles. The fourth-order valence-corrected chi connectivity index (χ4v) is 7.49. The van der Waals surface area contributed by atoms with Crippen molar-refractivity contribution in [1.82, 2.24) is 19.5 Å². The number of rotatable bonds is 7. The van der Waals surface area contributed by atoms with E-state index in [-0.39, 0.29) is 0 Å². The minimum Gasteiger partial charge on any atom is -0.309 e. The number of nitrogens with zero attached hydrogens (tertiary/aromatic N) is 4. The lowest BCUT2D eigenvalue weighted by Crippen LogP contribution is -2.00. The first-order valence-electron chi connectivity index (χ1n) is 18.5. The van der Waals surface area contributed by atoms with Crippen LogP contribution in [-0.2, 0) is 0 Å². The van der Waals surface area contributed by atoms with Gasteiger partial charge in [0.05, 0.1) is 11.0 Å². The van der Waals surface area contributed by atoms with Crippen LogP contribution < -0.4 is 0 Å². The van der Waals surface area contributed by atoms with Crippen molar-refractivity contribution in [2.75, 3.05) is 0 Å². The Bertz CT molecular complexity index is 2930. The van der Waals surface area contributed by atoms with Crippen molar-refractivity contribution in [3.63, 3.8) is 0 Å². The summed E-state index contributed by atoms with van der Waals surface area (Å²) in [6, 6.07) is 72.3. The molecule has 55 heavy (non-hydrogen) atoms. The van der Waals surface area contributed by atoms with E-state index < -0.39 is 0 Å². The van der Waals surface area contributed by atoms with E-state index in [2.05, 4.69) is 174 Å². The second-order valence-electron chi connectivity index (χ2n) is 13.7. The highest BCUT2D eigenvalue weighted by molar-refractivity contribution is 6.10. The van der Waals surface area contributed by atoms with Crippen molar-refractivity contribution < 1.29 is 0 Å². The monoisotopic (exact) mass is 702 g/mol. The van der Waals surface area contributed by atoms with Crippen molar-refractivity contribution in [1.29, 1.82) is 0 Å². The summed E-state index contributed by atoms with van der Waals surface area (Å²) in [5.41, 5.74) is 13.3. The number of hydrogen-bond acceptors (Lipinski definition) is 3. The van der Waals surface area contributed by atoms with Gasteiger partial charge in [-0.1, -0.05) is 176 Å². The van der Waals surface area contributed by atoms with Gasteiger partial charge in [0, 0.05) is 33.2 Å². The van der Waals surface area contributed by atoms with Gasteiger partial charge < -0.3 is 4.57 Å². The van der Waals surface area contributed by atoms with Gasteiger partial charge in [-0.15, -0.1) is 0 Å². The molecule has 10 aromatic rings. The van der Waals surface area contributed by atoms with Crippen LogP contribution in [0.1, 0.15) is 0 Å². The fraction of sp³-hybridized carbons (Fsp3) is 0. The minimum atomic E-state index is 0.634.